The van der Waals surface area contributed by atoms with E-state index in [1.807, 2.05) is 37.3 Å². The first-order valence-electron chi connectivity index (χ1n) is 5.95. The van der Waals surface area contributed by atoms with Crippen molar-refractivity contribution in [1.29, 1.82) is 0 Å². The SMILES string of the molecule is Cc1cccc(-c2nc3ccccc3c(=O)n2O)c1. The Morgan fingerprint density at radius 2 is 1.89 bits per heavy atom. The highest BCUT2D eigenvalue weighted by Gasteiger charge is 2.11. The van der Waals surface area contributed by atoms with Crippen LogP contribution in [0.4, 0.5) is 0 Å². The Balaban J connectivity index is 2.36. The van der Waals surface area contributed by atoms with Crippen LogP contribution in [0.2, 0.25) is 0 Å². The number of rotatable bonds is 1. The zero-order chi connectivity index (χ0) is 13.4. The lowest BCUT2D eigenvalue weighted by Crippen LogP contribution is -2.21. The molecular weight excluding hydrogens is 240 g/mol. The number of para-hydroxylation sites is 1. The summed E-state index contributed by atoms with van der Waals surface area (Å²) in [5.41, 5.74) is 1.88. The summed E-state index contributed by atoms with van der Waals surface area (Å²) >= 11 is 0. The average molecular weight is 252 g/mol. The van der Waals surface area contributed by atoms with Crippen LogP contribution >= 0.6 is 0 Å². The van der Waals surface area contributed by atoms with E-state index in [4.69, 9.17) is 0 Å². The van der Waals surface area contributed by atoms with E-state index >= 15 is 0 Å². The van der Waals surface area contributed by atoms with Crippen LogP contribution in [-0.4, -0.2) is 14.9 Å². The summed E-state index contributed by atoms with van der Waals surface area (Å²) in [6.07, 6.45) is 0. The van der Waals surface area contributed by atoms with Crippen molar-refractivity contribution in [1.82, 2.24) is 9.71 Å². The maximum atomic E-state index is 12.1. The number of fused-ring (bicyclic) bond motifs is 1. The van der Waals surface area contributed by atoms with Gasteiger partial charge in [0, 0.05) is 5.56 Å². The van der Waals surface area contributed by atoms with Gasteiger partial charge in [0.25, 0.3) is 5.56 Å². The first-order chi connectivity index (χ1) is 9.16. The molecule has 3 rings (SSSR count). The molecule has 1 N–H and O–H groups in total. The molecule has 0 bridgehead atoms. The highest BCUT2D eigenvalue weighted by Crippen LogP contribution is 2.18. The minimum absolute atomic E-state index is 0.257. The van der Waals surface area contributed by atoms with Gasteiger partial charge in [-0.25, -0.2) is 4.98 Å². The van der Waals surface area contributed by atoms with Gasteiger partial charge in [-0.15, -0.1) is 4.73 Å². The number of aryl methyl sites for hydroxylation is 1. The Kier molecular flexibility index (Phi) is 2.56. The summed E-state index contributed by atoms with van der Waals surface area (Å²) < 4.78 is 0.608. The minimum Gasteiger partial charge on any atom is -0.423 e. The molecule has 0 aliphatic heterocycles. The normalized spacial score (nSPS) is 10.8. The van der Waals surface area contributed by atoms with Gasteiger partial charge in [0.2, 0.25) is 0 Å². The van der Waals surface area contributed by atoms with Crippen LogP contribution in [0.25, 0.3) is 22.3 Å². The van der Waals surface area contributed by atoms with Crippen molar-refractivity contribution >= 4 is 10.9 Å². The number of aromatic nitrogens is 2. The third-order valence-corrected chi connectivity index (χ3v) is 3.03. The Morgan fingerprint density at radius 3 is 2.68 bits per heavy atom. The molecule has 0 saturated heterocycles. The van der Waals surface area contributed by atoms with Gasteiger partial charge in [-0.2, -0.15) is 0 Å². The fourth-order valence-corrected chi connectivity index (χ4v) is 2.09. The summed E-state index contributed by atoms with van der Waals surface area (Å²) in [7, 11) is 0. The monoisotopic (exact) mass is 252 g/mol. The zero-order valence-corrected chi connectivity index (χ0v) is 10.4. The van der Waals surface area contributed by atoms with Gasteiger partial charge in [0.05, 0.1) is 10.9 Å². The van der Waals surface area contributed by atoms with Crippen LogP contribution in [0, 0.1) is 6.92 Å². The first kappa shape index (κ1) is 11.5. The van der Waals surface area contributed by atoms with Crippen molar-refractivity contribution in [3.05, 3.63) is 64.4 Å². The summed E-state index contributed by atoms with van der Waals surface area (Å²) in [6, 6.07) is 14.5. The summed E-state index contributed by atoms with van der Waals surface area (Å²) in [5, 5.41) is 10.4. The highest BCUT2D eigenvalue weighted by atomic mass is 16.5. The van der Waals surface area contributed by atoms with Crippen LogP contribution < -0.4 is 5.56 Å². The molecule has 0 unspecified atom stereocenters. The topological polar surface area (TPSA) is 55.1 Å². The van der Waals surface area contributed by atoms with Crippen molar-refractivity contribution in [3.63, 3.8) is 0 Å². The van der Waals surface area contributed by atoms with E-state index in [1.165, 1.54) is 0 Å². The maximum Gasteiger partial charge on any atom is 0.294 e. The Labute approximate surface area is 109 Å². The van der Waals surface area contributed by atoms with Gasteiger partial charge in [-0.1, -0.05) is 35.9 Å². The molecule has 0 atom stereocenters. The maximum absolute atomic E-state index is 12.1. The van der Waals surface area contributed by atoms with Crippen LogP contribution in [0.15, 0.2) is 53.3 Å². The standard InChI is InChI=1S/C15H12N2O2/c1-10-5-4-6-11(9-10)14-16-13-8-3-2-7-12(13)15(18)17(14)19/h2-9,19H,1H3. The fraction of sp³-hybridized carbons (Fsp3) is 0.0667. The van der Waals surface area contributed by atoms with Crippen LogP contribution in [-0.2, 0) is 0 Å². The first-order valence-corrected chi connectivity index (χ1v) is 5.95. The third-order valence-electron chi connectivity index (χ3n) is 3.03. The second-order valence-corrected chi connectivity index (χ2v) is 4.44. The lowest BCUT2D eigenvalue weighted by atomic mass is 10.1. The number of nitrogens with zero attached hydrogens (tertiary/aromatic N) is 2. The molecular formula is C15H12N2O2. The predicted octanol–water partition coefficient (Wildman–Crippen LogP) is 2.61. The Hall–Kier alpha value is -2.62. The van der Waals surface area contributed by atoms with E-state index in [0.717, 1.165) is 5.56 Å². The minimum atomic E-state index is -0.456. The van der Waals surface area contributed by atoms with Crippen LogP contribution in [0.5, 0.6) is 0 Å². The van der Waals surface area contributed by atoms with Gasteiger partial charge in [0.1, 0.15) is 0 Å². The van der Waals surface area contributed by atoms with Crippen LogP contribution in [0.1, 0.15) is 5.56 Å². The quantitative estimate of drug-likeness (QED) is 0.677. The molecule has 0 spiro atoms. The second kappa shape index (κ2) is 4.24. The van der Waals surface area contributed by atoms with E-state index in [1.54, 1.807) is 18.2 Å². The van der Waals surface area contributed by atoms with E-state index in [9.17, 15) is 10.0 Å². The van der Waals surface area contributed by atoms with Crippen molar-refractivity contribution < 1.29 is 5.21 Å². The van der Waals surface area contributed by atoms with Gasteiger partial charge in [-0.05, 0) is 25.1 Å². The van der Waals surface area contributed by atoms with Gasteiger partial charge < -0.3 is 5.21 Å². The molecule has 0 aliphatic carbocycles. The number of hydrogen-bond acceptors (Lipinski definition) is 3. The van der Waals surface area contributed by atoms with Crippen molar-refractivity contribution in [2.75, 3.05) is 0 Å². The molecule has 0 fully saturated rings. The lowest BCUT2D eigenvalue weighted by Gasteiger charge is -2.08. The number of hydrogen-bond donors (Lipinski definition) is 1. The van der Waals surface area contributed by atoms with Crippen molar-refractivity contribution in [2.45, 2.75) is 6.92 Å². The van der Waals surface area contributed by atoms with Gasteiger partial charge in [-0.3, -0.25) is 4.79 Å². The smallest absolute Gasteiger partial charge is 0.294 e. The lowest BCUT2D eigenvalue weighted by molar-refractivity contribution is 0.178. The van der Waals surface area contributed by atoms with E-state index in [0.29, 0.717) is 21.2 Å². The Morgan fingerprint density at radius 1 is 1.11 bits per heavy atom. The fourth-order valence-electron chi connectivity index (χ4n) is 2.09. The second-order valence-electron chi connectivity index (χ2n) is 4.44. The molecule has 4 heteroatoms. The zero-order valence-electron chi connectivity index (χ0n) is 10.4. The summed E-state index contributed by atoms with van der Waals surface area (Å²) in [4.78, 5) is 16.4. The molecule has 19 heavy (non-hydrogen) atoms. The molecule has 0 saturated carbocycles. The Bertz CT molecular complexity index is 822. The molecule has 2 aromatic carbocycles. The molecule has 0 radical (unpaired) electrons. The molecule has 4 nitrogen and oxygen atoms in total. The van der Waals surface area contributed by atoms with Crippen LogP contribution in [0.3, 0.4) is 0 Å². The van der Waals surface area contributed by atoms with Gasteiger partial charge in [0.15, 0.2) is 5.82 Å². The van der Waals surface area contributed by atoms with Gasteiger partial charge >= 0.3 is 0 Å². The van der Waals surface area contributed by atoms with E-state index in [-0.39, 0.29) is 5.82 Å². The predicted molar refractivity (Wildman–Crippen MR) is 73.4 cm³/mol. The summed E-state index contributed by atoms with van der Waals surface area (Å²) in [5.74, 6) is 0.257. The van der Waals surface area contributed by atoms with Crippen molar-refractivity contribution in [2.24, 2.45) is 0 Å². The molecule has 1 heterocycles. The summed E-state index contributed by atoms with van der Waals surface area (Å²) in [6.45, 7) is 1.95. The molecule has 3 aromatic rings. The third kappa shape index (κ3) is 1.87. The highest BCUT2D eigenvalue weighted by molar-refractivity contribution is 5.79. The largest absolute Gasteiger partial charge is 0.423 e. The molecule has 0 amide bonds. The van der Waals surface area contributed by atoms with Crippen molar-refractivity contribution in [3.8, 4) is 11.4 Å². The van der Waals surface area contributed by atoms with E-state index < -0.39 is 5.56 Å². The molecule has 0 aliphatic rings. The molecule has 94 valence electrons. The average Bonchev–Trinajstić information content (AvgIpc) is 2.43. The molecule has 1 aromatic heterocycles. The van der Waals surface area contributed by atoms with E-state index in [2.05, 4.69) is 4.98 Å². The number of benzene rings is 2.